The van der Waals surface area contributed by atoms with Gasteiger partial charge in [0.05, 0.1) is 10.7 Å². The average molecular weight is 286 g/mol. The first kappa shape index (κ1) is 14.5. The average Bonchev–Trinajstić information content (AvgIpc) is 2.84. The van der Waals surface area contributed by atoms with E-state index in [1.807, 2.05) is 37.4 Å². The van der Waals surface area contributed by atoms with E-state index >= 15 is 0 Å². The van der Waals surface area contributed by atoms with Gasteiger partial charge >= 0.3 is 0 Å². The van der Waals surface area contributed by atoms with Crippen LogP contribution in [0.25, 0.3) is 6.08 Å². The highest BCUT2D eigenvalue weighted by Crippen LogP contribution is 2.21. The molecular formula is C16H18N2OS. The molecule has 0 spiro atoms. The van der Waals surface area contributed by atoms with Crippen LogP contribution in [0.4, 0.5) is 5.69 Å². The Hall–Kier alpha value is -1.94. The zero-order chi connectivity index (χ0) is 14.5. The van der Waals surface area contributed by atoms with Gasteiger partial charge in [0.2, 0.25) is 5.91 Å². The molecule has 1 N–H and O–H groups in total. The predicted octanol–water partition coefficient (Wildman–Crippen LogP) is 3.97. The van der Waals surface area contributed by atoms with Crippen LogP contribution in [-0.4, -0.2) is 10.9 Å². The first-order valence-corrected chi connectivity index (χ1v) is 7.47. The molecule has 20 heavy (non-hydrogen) atoms. The number of hydrogen-bond acceptors (Lipinski definition) is 3. The monoisotopic (exact) mass is 286 g/mol. The van der Waals surface area contributed by atoms with Crippen LogP contribution in [0.5, 0.6) is 0 Å². The standard InChI is InChI=1S/C16H18N2OS/c1-4-13-7-5-6-11(2)16(13)18-15(19)9-8-14-10-20-12(3)17-14/h5-10H,4H2,1-3H3,(H,18,19)/b9-8+. The lowest BCUT2D eigenvalue weighted by Gasteiger charge is -2.11. The summed E-state index contributed by atoms with van der Waals surface area (Å²) in [7, 11) is 0. The number of nitrogens with one attached hydrogen (secondary N) is 1. The van der Waals surface area contributed by atoms with Crippen LogP contribution in [0.1, 0.15) is 28.8 Å². The third kappa shape index (κ3) is 3.54. The van der Waals surface area contributed by atoms with Gasteiger partial charge in [0.25, 0.3) is 0 Å². The Labute approximate surface area is 123 Å². The van der Waals surface area contributed by atoms with E-state index in [4.69, 9.17) is 0 Å². The van der Waals surface area contributed by atoms with Crippen LogP contribution in [0.15, 0.2) is 29.7 Å². The number of hydrogen-bond donors (Lipinski definition) is 1. The number of thiazole rings is 1. The lowest BCUT2D eigenvalue weighted by atomic mass is 10.1. The molecule has 0 aliphatic rings. The highest BCUT2D eigenvalue weighted by Gasteiger charge is 2.06. The van der Waals surface area contributed by atoms with Gasteiger partial charge in [-0.05, 0) is 37.5 Å². The molecule has 0 fully saturated rings. The van der Waals surface area contributed by atoms with E-state index in [0.717, 1.165) is 33.9 Å². The van der Waals surface area contributed by atoms with Gasteiger partial charge in [-0.15, -0.1) is 11.3 Å². The Balaban J connectivity index is 2.10. The molecular weight excluding hydrogens is 268 g/mol. The molecule has 0 aliphatic carbocycles. The summed E-state index contributed by atoms with van der Waals surface area (Å²) in [6, 6.07) is 6.05. The lowest BCUT2D eigenvalue weighted by molar-refractivity contribution is -0.111. The molecule has 104 valence electrons. The smallest absolute Gasteiger partial charge is 0.248 e. The van der Waals surface area contributed by atoms with Crippen molar-refractivity contribution in [2.75, 3.05) is 5.32 Å². The highest BCUT2D eigenvalue weighted by atomic mass is 32.1. The first-order chi connectivity index (χ1) is 9.60. The van der Waals surface area contributed by atoms with E-state index in [2.05, 4.69) is 17.2 Å². The van der Waals surface area contributed by atoms with Gasteiger partial charge in [-0.2, -0.15) is 0 Å². The summed E-state index contributed by atoms with van der Waals surface area (Å²) in [5.74, 6) is -0.125. The van der Waals surface area contributed by atoms with E-state index in [1.54, 1.807) is 17.4 Å². The molecule has 2 aromatic rings. The largest absolute Gasteiger partial charge is 0.322 e. The molecule has 3 nitrogen and oxygen atoms in total. The van der Waals surface area contributed by atoms with Gasteiger partial charge in [-0.3, -0.25) is 4.79 Å². The van der Waals surface area contributed by atoms with E-state index in [0.29, 0.717) is 0 Å². The highest BCUT2D eigenvalue weighted by molar-refractivity contribution is 7.09. The molecule has 0 atom stereocenters. The van der Waals surface area contributed by atoms with Crippen LogP contribution in [0.2, 0.25) is 0 Å². The molecule has 1 aromatic heterocycles. The summed E-state index contributed by atoms with van der Waals surface area (Å²) >= 11 is 1.57. The second-order valence-electron chi connectivity index (χ2n) is 4.58. The lowest BCUT2D eigenvalue weighted by Crippen LogP contribution is -2.11. The van der Waals surface area contributed by atoms with Crippen LogP contribution in [0.3, 0.4) is 0 Å². The normalized spacial score (nSPS) is 10.9. The van der Waals surface area contributed by atoms with Crippen molar-refractivity contribution in [1.82, 2.24) is 4.98 Å². The molecule has 1 aromatic carbocycles. The van der Waals surface area contributed by atoms with Crippen molar-refractivity contribution in [1.29, 1.82) is 0 Å². The van der Waals surface area contributed by atoms with E-state index in [1.165, 1.54) is 6.08 Å². The van der Waals surface area contributed by atoms with Crippen LogP contribution >= 0.6 is 11.3 Å². The number of aryl methyl sites for hydroxylation is 3. The number of benzene rings is 1. The van der Waals surface area contributed by atoms with Crippen LogP contribution in [0, 0.1) is 13.8 Å². The summed E-state index contributed by atoms with van der Waals surface area (Å²) in [6.45, 7) is 6.03. The van der Waals surface area contributed by atoms with Gasteiger partial charge in [0.15, 0.2) is 0 Å². The van der Waals surface area contributed by atoms with Gasteiger partial charge < -0.3 is 5.32 Å². The van der Waals surface area contributed by atoms with Crippen LogP contribution in [-0.2, 0) is 11.2 Å². The number of carbonyl (C=O) groups excluding carboxylic acids is 1. The van der Waals surface area contributed by atoms with Crippen molar-refractivity contribution >= 4 is 29.0 Å². The van der Waals surface area contributed by atoms with Crippen molar-refractivity contribution in [2.24, 2.45) is 0 Å². The number of carbonyl (C=O) groups is 1. The van der Waals surface area contributed by atoms with Gasteiger partial charge in [0.1, 0.15) is 0 Å². The third-order valence-corrected chi connectivity index (χ3v) is 3.82. The minimum Gasteiger partial charge on any atom is -0.322 e. The van der Waals surface area contributed by atoms with Crippen molar-refractivity contribution < 1.29 is 4.79 Å². The summed E-state index contributed by atoms with van der Waals surface area (Å²) < 4.78 is 0. The summed E-state index contributed by atoms with van der Waals surface area (Å²) in [5, 5.41) is 5.89. The fraction of sp³-hybridized carbons (Fsp3) is 0.250. The fourth-order valence-corrected chi connectivity index (χ4v) is 2.57. The van der Waals surface area contributed by atoms with Crippen molar-refractivity contribution in [2.45, 2.75) is 27.2 Å². The minimum absolute atomic E-state index is 0.125. The summed E-state index contributed by atoms with van der Waals surface area (Å²) in [6.07, 6.45) is 4.16. The Bertz CT molecular complexity index is 644. The van der Waals surface area contributed by atoms with E-state index in [9.17, 15) is 4.79 Å². The number of anilines is 1. The topological polar surface area (TPSA) is 42.0 Å². The Morgan fingerprint density at radius 1 is 1.40 bits per heavy atom. The predicted molar refractivity (Wildman–Crippen MR) is 85.1 cm³/mol. The molecule has 1 heterocycles. The number of aromatic nitrogens is 1. The molecule has 0 radical (unpaired) electrons. The Kier molecular flexibility index (Phi) is 4.69. The van der Waals surface area contributed by atoms with Gasteiger partial charge in [0, 0.05) is 17.1 Å². The van der Waals surface area contributed by atoms with E-state index < -0.39 is 0 Å². The van der Waals surface area contributed by atoms with Gasteiger partial charge in [-0.1, -0.05) is 25.1 Å². The SMILES string of the molecule is CCc1cccc(C)c1NC(=O)/C=C/c1csc(C)n1. The molecule has 0 saturated carbocycles. The quantitative estimate of drug-likeness (QED) is 0.864. The Morgan fingerprint density at radius 3 is 2.85 bits per heavy atom. The maximum Gasteiger partial charge on any atom is 0.248 e. The number of amides is 1. The zero-order valence-corrected chi connectivity index (χ0v) is 12.8. The minimum atomic E-state index is -0.125. The molecule has 0 unspecified atom stereocenters. The third-order valence-electron chi connectivity index (χ3n) is 3.03. The second kappa shape index (κ2) is 6.48. The molecule has 4 heteroatoms. The molecule has 1 amide bonds. The fourth-order valence-electron chi connectivity index (χ4n) is 1.98. The zero-order valence-electron chi connectivity index (χ0n) is 11.9. The molecule has 0 saturated heterocycles. The van der Waals surface area contributed by atoms with Crippen molar-refractivity contribution in [3.63, 3.8) is 0 Å². The summed E-state index contributed by atoms with van der Waals surface area (Å²) in [4.78, 5) is 16.3. The maximum atomic E-state index is 12.0. The molecule has 0 aliphatic heterocycles. The number of rotatable bonds is 4. The molecule has 2 rings (SSSR count). The van der Waals surface area contributed by atoms with Gasteiger partial charge in [-0.25, -0.2) is 4.98 Å². The first-order valence-electron chi connectivity index (χ1n) is 6.60. The maximum absolute atomic E-state index is 12.0. The Morgan fingerprint density at radius 2 is 2.20 bits per heavy atom. The van der Waals surface area contributed by atoms with Crippen molar-refractivity contribution in [3.8, 4) is 0 Å². The van der Waals surface area contributed by atoms with Crippen LogP contribution < -0.4 is 5.32 Å². The summed E-state index contributed by atoms with van der Waals surface area (Å²) in [5.41, 5.74) is 3.97. The second-order valence-corrected chi connectivity index (χ2v) is 5.64. The van der Waals surface area contributed by atoms with Crippen molar-refractivity contribution in [3.05, 3.63) is 51.5 Å². The number of nitrogens with zero attached hydrogens (tertiary/aromatic N) is 1. The number of para-hydroxylation sites is 1. The molecule has 0 bridgehead atoms. The van der Waals surface area contributed by atoms with E-state index in [-0.39, 0.29) is 5.91 Å².